The highest BCUT2D eigenvalue weighted by molar-refractivity contribution is 7.81. The van der Waals surface area contributed by atoms with Crippen molar-refractivity contribution in [1.82, 2.24) is 0 Å². The lowest BCUT2D eigenvalue weighted by molar-refractivity contribution is -0.120. The van der Waals surface area contributed by atoms with Crippen molar-refractivity contribution in [3.05, 3.63) is 143 Å². The van der Waals surface area contributed by atoms with Gasteiger partial charge in [-0.15, -0.1) is 0 Å². The number of para-hydroxylation sites is 2. The van der Waals surface area contributed by atoms with E-state index in [4.69, 9.17) is 17.0 Å². The Morgan fingerprint density at radius 1 is 0.690 bits per heavy atom. The lowest BCUT2D eigenvalue weighted by Gasteiger charge is -2.36. The van der Waals surface area contributed by atoms with Crippen LogP contribution in [0.15, 0.2) is 121 Å². The highest BCUT2D eigenvalue weighted by atomic mass is 32.1. The van der Waals surface area contributed by atoms with E-state index in [0.717, 1.165) is 27.5 Å². The number of hydrogen-bond donors (Lipinski definition) is 0. The standard InChI is InChI=1S/C36H28N2O3S/c1-24-19-25(2)21-26(20-24)23-41-33-18-17-27-11-9-10-16-30(27)31(33)22-32-34(39)37(28-12-5-3-6-13-28)36(42)38(35(32)40)29-14-7-4-8-15-29/h3-22H,23H2,1-2H3. The SMILES string of the molecule is Cc1cc(C)cc(COc2ccc3ccccc3c2C=C2C(=O)N(c3ccccc3)C(=S)N(c3ccccc3)C2=O)c1. The van der Waals surface area contributed by atoms with E-state index in [1.165, 1.54) is 9.80 Å². The first-order valence-electron chi connectivity index (χ1n) is 13.7. The molecular formula is C36H28N2O3S. The normalized spacial score (nSPS) is 13.6. The number of carbonyl (C=O) groups is 2. The zero-order valence-corrected chi connectivity index (χ0v) is 24.1. The number of carbonyl (C=O) groups excluding carboxylic acids is 2. The second-order valence-corrected chi connectivity index (χ2v) is 10.6. The monoisotopic (exact) mass is 568 g/mol. The van der Waals surface area contributed by atoms with Crippen LogP contribution < -0.4 is 14.5 Å². The average Bonchev–Trinajstić information content (AvgIpc) is 2.99. The number of ether oxygens (including phenoxy) is 1. The lowest BCUT2D eigenvalue weighted by Crippen LogP contribution is -2.56. The largest absolute Gasteiger partial charge is 0.488 e. The third-order valence-corrected chi connectivity index (χ3v) is 7.54. The maximum absolute atomic E-state index is 14.1. The van der Waals surface area contributed by atoms with Crippen LogP contribution in [0.1, 0.15) is 22.3 Å². The number of fused-ring (bicyclic) bond motifs is 1. The summed E-state index contributed by atoms with van der Waals surface area (Å²) in [6.45, 7) is 4.46. The molecule has 5 aromatic rings. The molecule has 0 bridgehead atoms. The van der Waals surface area contributed by atoms with Crippen molar-refractivity contribution in [3.8, 4) is 5.75 Å². The third kappa shape index (κ3) is 5.20. The Kier molecular flexibility index (Phi) is 7.38. The van der Waals surface area contributed by atoms with Gasteiger partial charge in [-0.2, -0.15) is 0 Å². The second-order valence-electron chi connectivity index (χ2n) is 10.3. The number of rotatable bonds is 6. The average molecular weight is 569 g/mol. The molecule has 1 heterocycles. The molecule has 2 amide bonds. The summed E-state index contributed by atoms with van der Waals surface area (Å²) in [5.41, 5.74) is 5.16. The molecule has 0 radical (unpaired) electrons. The van der Waals surface area contributed by atoms with Crippen LogP contribution in [-0.4, -0.2) is 16.9 Å². The molecule has 0 unspecified atom stereocenters. The lowest BCUT2D eigenvalue weighted by atomic mass is 9.99. The van der Waals surface area contributed by atoms with Gasteiger partial charge in [0.15, 0.2) is 5.11 Å². The maximum Gasteiger partial charge on any atom is 0.270 e. The van der Waals surface area contributed by atoms with Crippen LogP contribution in [0.5, 0.6) is 5.75 Å². The fraction of sp³-hybridized carbons (Fsp3) is 0.0833. The van der Waals surface area contributed by atoms with Crippen LogP contribution in [-0.2, 0) is 16.2 Å². The van der Waals surface area contributed by atoms with Crippen molar-refractivity contribution in [2.75, 3.05) is 9.80 Å². The number of nitrogens with zero attached hydrogens (tertiary/aromatic N) is 2. The number of hydrogen-bond acceptors (Lipinski definition) is 4. The molecule has 5 aromatic carbocycles. The van der Waals surface area contributed by atoms with Crippen molar-refractivity contribution in [3.63, 3.8) is 0 Å². The molecule has 5 nitrogen and oxygen atoms in total. The number of benzene rings is 5. The highest BCUT2D eigenvalue weighted by Crippen LogP contribution is 2.35. The number of anilines is 2. The Hall–Kier alpha value is -5.07. The molecule has 1 saturated heterocycles. The molecule has 0 atom stereocenters. The minimum atomic E-state index is -0.489. The number of amides is 2. The summed E-state index contributed by atoms with van der Waals surface area (Å²) in [6.07, 6.45) is 1.65. The topological polar surface area (TPSA) is 49.9 Å². The van der Waals surface area contributed by atoms with Gasteiger partial charge in [0.1, 0.15) is 17.9 Å². The van der Waals surface area contributed by atoms with Crippen LogP contribution in [0.2, 0.25) is 0 Å². The van der Waals surface area contributed by atoms with Crippen LogP contribution in [0, 0.1) is 13.8 Å². The Morgan fingerprint density at radius 3 is 1.83 bits per heavy atom. The first kappa shape index (κ1) is 27.1. The number of aryl methyl sites for hydroxylation is 2. The van der Waals surface area contributed by atoms with Crippen molar-refractivity contribution in [1.29, 1.82) is 0 Å². The van der Waals surface area contributed by atoms with E-state index >= 15 is 0 Å². The molecular weight excluding hydrogens is 540 g/mol. The molecule has 0 spiro atoms. The van der Waals surface area contributed by atoms with E-state index in [2.05, 4.69) is 32.0 Å². The van der Waals surface area contributed by atoms with E-state index in [1.807, 2.05) is 72.8 Å². The molecule has 1 aliphatic rings. The van der Waals surface area contributed by atoms with Gasteiger partial charge in [-0.25, -0.2) is 0 Å². The van der Waals surface area contributed by atoms with Crippen LogP contribution in [0.3, 0.4) is 0 Å². The summed E-state index contributed by atoms with van der Waals surface area (Å²) < 4.78 is 6.38. The van der Waals surface area contributed by atoms with E-state index in [-0.39, 0.29) is 10.7 Å². The van der Waals surface area contributed by atoms with Crippen molar-refractivity contribution in [2.24, 2.45) is 0 Å². The van der Waals surface area contributed by atoms with Crippen molar-refractivity contribution in [2.45, 2.75) is 20.5 Å². The summed E-state index contributed by atoms with van der Waals surface area (Å²) >= 11 is 5.76. The number of thiocarbonyl (C=S) groups is 1. The maximum atomic E-state index is 14.1. The molecule has 0 aliphatic carbocycles. The summed E-state index contributed by atoms with van der Waals surface area (Å²) in [4.78, 5) is 31.0. The minimum Gasteiger partial charge on any atom is -0.488 e. The fourth-order valence-corrected chi connectivity index (χ4v) is 5.72. The van der Waals surface area contributed by atoms with E-state index in [0.29, 0.717) is 29.3 Å². The summed E-state index contributed by atoms with van der Waals surface area (Å²) in [5.74, 6) is -0.403. The van der Waals surface area contributed by atoms with Gasteiger partial charge in [-0.1, -0.05) is 96.1 Å². The van der Waals surface area contributed by atoms with E-state index in [1.54, 1.807) is 30.3 Å². The quantitative estimate of drug-likeness (QED) is 0.119. The van der Waals surface area contributed by atoms with Gasteiger partial charge in [0.05, 0.1) is 11.4 Å². The van der Waals surface area contributed by atoms with Gasteiger partial charge < -0.3 is 4.74 Å². The fourth-order valence-electron chi connectivity index (χ4n) is 5.35. The third-order valence-electron chi connectivity index (χ3n) is 7.17. The van der Waals surface area contributed by atoms with E-state index < -0.39 is 11.8 Å². The van der Waals surface area contributed by atoms with Crippen molar-refractivity contribution >= 4 is 57.4 Å². The van der Waals surface area contributed by atoms with Gasteiger partial charge in [-0.3, -0.25) is 19.4 Å². The van der Waals surface area contributed by atoms with Gasteiger partial charge >= 0.3 is 0 Å². The van der Waals surface area contributed by atoms with Crippen LogP contribution >= 0.6 is 12.2 Å². The van der Waals surface area contributed by atoms with Gasteiger partial charge in [-0.05, 0) is 78.8 Å². The van der Waals surface area contributed by atoms with Crippen molar-refractivity contribution < 1.29 is 14.3 Å². The smallest absolute Gasteiger partial charge is 0.270 e. The van der Waals surface area contributed by atoms with Gasteiger partial charge in [0.25, 0.3) is 11.8 Å². The highest BCUT2D eigenvalue weighted by Gasteiger charge is 2.41. The first-order chi connectivity index (χ1) is 20.4. The molecule has 0 N–H and O–H groups in total. The molecule has 206 valence electrons. The molecule has 0 aromatic heterocycles. The zero-order chi connectivity index (χ0) is 29.2. The van der Waals surface area contributed by atoms with E-state index in [9.17, 15) is 9.59 Å². The molecule has 1 aliphatic heterocycles. The van der Waals surface area contributed by atoms with Gasteiger partial charge in [0.2, 0.25) is 0 Å². The zero-order valence-electron chi connectivity index (χ0n) is 23.3. The Labute approximate surface area is 250 Å². The predicted octanol–water partition coefficient (Wildman–Crippen LogP) is 7.78. The first-order valence-corrected chi connectivity index (χ1v) is 14.1. The molecule has 0 saturated carbocycles. The summed E-state index contributed by atoms with van der Waals surface area (Å²) in [7, 11) is 0. The second kappa shape index (κ2) is 11.4. The van der Waals surface area contributed by atoms with Crippen LogP contribution in [0.4, 0.5) is 11.4 Å². The van der Waals surface area contributed by atoms with Crippen LogP contribution in [0.25, 0.3) is 16.8 Å². The summed E-state index contributed by atoms with van der Waals surface area (Å²) in [5, 5.41) is 1.94. The molecule has 42 heavy (non-hydrogen) atoms. The predicted molar refractivity (Wildman–Crippen MR) is 173 cm³/mol. The molecule has 6 heteroatoms. The Balaban J connectivity index is 1.50. The Morgan fingerprint density at radius 2 is 1.24 bits per heavy atom. The Bertz CT molecular complexity index is 1780. The molecule has 6 rings (SSSR count). The molecule has 1 fully saturated rings. The minimum absolute atomic E-state index is 0.0103. The summed E-state index contributed by atoms with van der Waals surface area (Å²) in [6, 6.07) is 36.3. The van der Waals surface area contributed by atoms with Gasteiger partial charge in [0, 0.05) is 5.56 Å².